The van der Waals surface area contributed by atoms with Gasteiger partial charge in [-0.15, -0.1) is 0 Å². The second kappa shape index (κ2) is 6.43. The second-order valence-electron chi connectivity index (χ2n) is 4.17. The Morgan fingerprint density at radius 3 is 2.57 bits per heavy atom. The van der Waals surface area contributed by atoms with E-state index in [1.807, 2.05) is 0 Å². The molecule has 0 radical (unpaired) electrons. The Morgan fingerprint density at radius 2 is 1.95 bits per heavy atom. The Hall–Kier alpha value is -1.63. The lowest BCUT2D eigenvalue weighted by Crippen LogP contribution is -2.17. The average Bonchev–Trinajstić information content (AvgIpc) is 2.40. The van der Waals surface area contributed by atoms with E-state index in [-0.39, 0.29) is 16.3 Å². The van der Waals surface area contributed by atoms with Crippen molar-refractivity contribution >= 4 is 56.3 Å². The number of benzene rings is 2. The lowest BCUT2D eigenvalue weighted by molar-refractivity contribution is 0.102. The molecule has 0 aliphatic carbocycles. The van der Waals surface area contributed by atoms with Crippen LogP contribution >= 0.6 is 39.7 Å². The molecular weight excluding hydrogens is 376 g/mol. The van der Waals surface area contributed by atoms with Gasteiger partial charge in [0, 0.05) is 15.1 Å². The monoisotopic (exact) mass is 384 g/mol. The molecule has 7 heteroatoms. The number of anilines is 1. The number of carbonyl (C=O) groups is 1. The summed E-state index contributed by atoms with van der Waals surface area (Å²) >= 11 is 14.0. The summed E-state index contributed by atoms with van der Waals surface area (Å²) in [5, 5.41) is 12.8. The highest BCUT2D eigenvalue weighted by molar-refractivity contribution is 9.10. The molecule has 4 N–H and O–H groups in total. The first-order chi connectivity index (χ1) is 9.88. The molecule has 0 saturated carbocycles. The zero-order valence-electron chi connectivity index (χ0n) is 10.6. The van der Waals surface area contributed by atoms with E-state index in [2.05, 4.69) is 21.2 Å². The third-order valence-corrected chi connectivity index (χ3v) is 3.65. The van der Waals surface area contributed by atoms with Gasteiger partial charge >= 0.3 is 0 Å². The number of halogens is 2. The van der Waals surface area contributed by atoms with Crippen LogP contribution in [-0.4, -0.2) is 16.0 Å². The van der Waals surface area contributed by atoms with Crippen molar-refractivity contribution in [1.29, 1.82) is 0 Å². The molecule has 0 aliphatic heterocycles. The van der Waals surface area contributed by atoms with Gasteiger partial charge in [0.2, 0.25) is 0 Å². The van der Waals surface area contributed by atoms with Crippen LogP contribution in [0.4, 0.5) is 5.69 Å². The van der Waals surface area contributed by atoms with Crippen molar-refractivity contribution in [3.63, 3.8) is 0 Å². The third-order valence-electron chi connectivity index (χ3n) is 2.70. The van der Waals surface area contributed by atoms with Crippen molar-refractivity contribution in [2.75, 3.05) is 5.32 Å². The maximum Gasteiger partial charge on any atom is 0.259 e. The highest BCUT2D eigenvalue weighted by Crippen LogP contribution is 2.25. The van der Waals surface area contributed by atoms with Crippen LogP contribution in [0.1, 0.15) is 15.9 Å². The summed E-state index contributed by atoms with van der Waals surface area (Å²) in [6.07, 6.45) is 0. The van der Waals surface area contributed by atoms with Gasteiger partial charge in [-0.1, -0.05) is 39.7 Å². The van der Waals surface area contributed by atoms with E-state index in [0.29, 0.717) is 16.3 Å². The summed E-state index contributed by atoms with van der Waals surface area (Å²) in [5.41, 5.74) is 6.74. The molecule has 2 aromatic rings. The van der Waals surface area contributed by atoms with Crippen LogP contribution < -0.4 is 11.1 Å². The number of hydrogen-bond acceptors (Lipinski definition) is 3. The van der Waals surface area contributed by atoms with E-state index < -0.39 is 5.91 Å². The average molecular weight is 386 g/mol. The molecule has 0 aromatic heterocycles. The maximum absolute atomic E-state index is 12.2. The van der Waals surface area contributed by atoms with Crippen molar-refractivity contribution in [2.45, 2.75) is 0 Å². The zero-order chi connectivity index (χ0) is 15.6. The zero-order valence-corrected chi connectivity index (χ0v) is 13.7. The lowest BCUT2D eigenvalue weighted by atomic mass is 10.1. The predicted molar refractivity (Wildman–Crippen MR) is 91.1 cm³/mol. The lowest BCUT2D eigenvalue weighted by Gasteiger charge is -2.11. The minimum Gasteiger partial charge on any atom is -0.507 e. The van der Waals surface area contributed by atoms with Gasteiger partial charge < -0.3 is 16.2 Å². The van der Waals surface area contributed by atoms with Crippen molar-refractivity contribution in [3.8, 4) is 5.75 Å². The topological polar surface area (TPSA) is 75.3 Å². The Labute approximate surface area is 140 Å². The summed E-state index contributed by atoms with van der Waals surface area (Å²) in [5.74, 6) is -0.682. The Balaban J connectivity index is 2.34. The molecule has 0 spiro atoms. The highest BCUT2D eigenvalue weighted by atomic mass is 79.9. The number of rotatable bonds is 3. The van der Waals surface area contributed by atoms with Gasteiger partial charge in [-0.2, -0.15) is 0 Å². The Kier molecular flexibility index (Phi) is 4.82. The van der Waals surface area contributed by atoms with Gasteiger partial charge in [-0.3, -0.25) is 4.79 Å². The molecule has 0 fully saturated rings. The minimum atomic E-state index is -0.482. The fourth-order valence-electron chi connectivity index (χ4n) is 1.72. The number of phenols is 1. The van der Waals surface area contributed by atoms with Crippen molar-refractivity contribution in [3.05, 3.63) is 57.0 Å². The van der Waals surface area contributed by atoms with Crippen molar-refractivity contribution in [2.24, 2.45) is 5.73 Å². The van der Waals surface area contributed by atoms with Crippen LogP contribution in [0, 0.1) is 0 Å². The number of thiocarbonyl (C=S) groups is 1. The number of amides is 1. The molecule has 2 aromatic carbocycles. The smallest absolute Gasteiger partial charge is 0.259 e. The number of hydrogen-bond donors (Lipinski definition) is 3. The third kappa shape index (κ3) is 3.72. The normalized spacial score (nSPS) is 10.2. The predicted octanol–water partition coefficient (Wildman–Crippen LogP) is 3.69. The quantitative estimate of drug-likeness (QED) is 0.704. The van der Waals surface area contributed by atoms with Crippen LogP contribution in [0.3, 0.4) is 0 Å². The molecule has 0 saturated heterocycles. The van der Waals surface area contributed by atoms with Crippen LogP contribution in [0.5, 0.6) is 5.75 Å². The molecule has 0 heterocycles. The molecule has 0 unspecified atom stereocenters. The van der Waals surface area contributed by atoms with Crippen LogP contribution in [0.25, 0.3) is 0 Å². The van der Waals surface area contributed by atoms with Crippen LogP contribution in [0.2, 0.25) is 5.02 Å². The molecule has 1 amide bonds. The van der Waals surface area contributed by atoms with Crippen LogP contribution in [0.15, 0.2) is 40.9 Å². The van der Waals surface area contributed by atoms with E-state index in [0.717, 1.165) is 4.47 Å². The summed E-state index contributed by atoms with van der Waals surface area (Å²) < 4.78 is 0.789. The second-order valence-corrected chi connectivity index (χ2v) is 5.96. The van der Waals surface area contributed by atoms with E-state index in [1.54, 1.807) is 18.2 Å². The van der Waals surface area contributed by atoms with Crippen molar-refractivity contribution < 1.29 is 9.90 Å². The number of carbonyl (C=O) groups excluding carboxylic acids is 1. The molecule has 4 nitrogen and oxygen atoms in total. The molecular formula is C14H10BrClN2O2S. The molecule has 0 atom stereocenters. The first-order valence-corrected chi connectivity index (χ1v) is 7.35. The Bertz CT molecular complexity index is 737. The van der Waals surface area contributed by atoms with Gasteiger partial charge in [-0.05, 0) is 36.4 Å². The number of nitrogens with two attached hydrogens (primary N) is 1. The number of nitrogens with one attached hydrogen (secondary N) is 1. The van der Waals surface area contributed by atoms with Crippen LogP contribution in [-0.2, 0) is 0 Å². The molecule has 0 bridgehead atoms. The summed E-state index contributed by atoms with van der Waals surface area (Å²) in [6.45, 7) is 0. The molecule has 2 rings (SSSR count). The van der Waals surface area contributed by atoms with Gasteiger partial charge in [0.1, 0.15) is 10.7 Å². The first kappa shape index (κ1) is 15.8. The van der Waals surface area contributed by atoms with Crippen molar-refractivity contribution in [1.82, 2.24) is 0 Å². The Morgan fingerprint density at radius 1 is 1.24 bits per heavy atom. The van der Waals surface area contributed by atoms with E-state index in [9.17, 15) is 9.90 Å². The summed E-state index contributed by atoms with van der Waals surface area (Å²) in [6, 6.07) is 9.38. The number of phenolic OH excluding ortho intramolecular Hbond substituents is 1. The van der Waals surface area contributed by atoms with Gasteiger partial charge in [0.15, 0.2) is 0 Å². The number of aromatic hydroxyl groups is 1. The van der Waals surface area contributed by atoms with E-state index in [4.69, 9.17) is 29.6 Å². The van der Waals surface area contributed by atoms with Gasteiger partial charge in [0.05, 0.1) is 11.3 Å². The molecule has 108 valence electrons. The van der Waals surface area contributed by atoms with E-state index in [1.165, 1.54) is 18.2 Å². The SMILES string of the molecule is NC(=S)c1cc(Br)ccc1NC(=O)c1ccc(Cl)cc1O. The summed E-state index contributed by atoms with van der Waals surface area (Å²) in [7, 11) is 0. The highest BCUT2D eigenvalue weighted by Gasteiger charge is 2.14. The maximum atomic E-state index is 12.2. The first-order valence-electron chi connectivity index (χ1n) is 5.77. The fourth-order valence-corrected chi connectivity index (χ4v) is 2.41. The molecule has 0 aliphatic rings. The summed E-state index contributed by atoms with van der Waals surface area (Å²) in [4.78, 5) is 12.4. The van der Waals surface area contributed by atoms with E-state index >= 15 is 0 Å². The fraction of sp³-hybridized carbons (Fsp3) is 0. The van der Waals surface area contributed by atoms with Gasteiger partial charge in [0.25, 0.3) is 5.91 Å². The molecule has 21 heavy (non-hydrogen) atoms. The largest absolute Gasteiger partial charge is 0.507 e. The van der Waals surface area contributed by atoms with Gasteiger partial charge in [-0.25, -0.2) is 0 Å². The standard InChI is InChI=1S/C14H10BrClN2O2S/c15-7-1-4-11(10(5-7)13(17)21)18-14(20)9-3-2-8(16)6-12(9)19/h1-6,19H,(H2,17,21)(H,18,20). The minimum absolute atomic E-state index is 0.108.